The van der Waals surface area contributed by atoms with Gasteiger partial charge < -0.3 is 20.4 Å². The molecule has 3 aromatic rings. The molecule has 9 heteroatoms. The zero-order chi connectivity index (χ0) is 24.1. The first-order valence-corrected chi connectivity index (χ1v) is 11.8. The van der Waals surface area contributed by atoms with Gasteiger partial charge in [-0.1, -0.05) is 36.2 Å². The topological polar surface area (TPSA) is 77.6 Å². The van der Waals surface area contributed by atoms with Gasteiger partial charge in [-0.15, -0.1) is 0 Å². The Bertz CT molecular complexity index is 1180. The highest BCUT2D eigenvalue weighted by atomic mass is 35.5. The zero-order valence-electron chi connectivity index (χ0n) is 18.7. The van der Waals surface area contributed by atoms with E-state index in [1.54, 1.807) is 54.7 Å². The molecule has 2 N–H and O–H groups in total. The molecule has 1 aliphatic rings. The van der Waals surface area contributed by atoms with Crippen LogP contribution in [0, 0.1) is 0 Å². The molecule has 34 heavy (non-hydrogen) atoms. The van der Waals surface area contributed by atoms with Crippen molar-refractivity contribution in [3.63, 3.8) is 0 Å². The van der Waals surface area contributed by atoms with Gasteiger partial charge in [0.05, 0.1) is 16.3 Å². The Balaban J connectivity index is 1.40. The van der Waals surface area contributed by atoms with Crippen molar-refractivity contribution in [3.05, 3.63) is 82.0 Å². The van der Waals surface area contributed by atoms with Gasteiger partial charge in [-0.05, 0) is 55.1 Å². The summed E-state index contributed by atoms with van der Waals surface area (Å²) in [6.07, 6.45) is 1.58. The summed E-state index contributed by atoms with van der Waals surface area (Å²) in [7, 11) is 0. The van der Waals surface area contributed by atoms with Crippen molar-refractivity contribution in [1.29, 1.82) is 0 Å². The number of rotatable bonds is 6. The number of hydrogen-bond acceptors (Lipinski definition) is 5. The highest BCUT2D eigenvalue weighted by Crippen LogP contribution is 2.27. The Morgan fingerprint density at radius 2 is 1.68 bits per heavy atom. The van der Waals surface area contributed by atoms with Crippen molar-refractivity contribution in [1.82, 2.24) is 9.88 Å². The Morgan fingerprint density at radius 3 is 2.35 bits per heavy atom. The predicted octanol–water partition coefficient (Wildman–Crippen LogP) is 5.03. The fourth-order valence-corrected chi connectivity index (χ4v) is 4.08. The van der Waals surface area contributed by atoms with E-state index in [4.69, 9.17) is 23.2 Å². The number of halogens is 2. The number of carbonyl (C=O) groups excluding carboxylic acids is 2. The van der Waals surface area contributed by atoms with Crippen LogP contribution >= 0.6 is 23.2 Å². The first-order valence-electron chi connectivity index (χ1n) is 11.0. The van der Waals surface area contributed by atoms with Gasteiger partial charge in [-0.25, -0.2) is 4.98 Å². The third kappa shape index (κ3) is 5.86. The summed E-state index contributed by atoms with van der Waals surface area (Å²) < 4.78 is 0. The number of carbonyl (C=O) groups is 2. The largest absolute Gasteiger partial charge is 0.354 e. The van der Waals surface area contributed by atoms with E-state index in [9.17, 15) is 9.59 Å². The quantitative estimate of drug-likeness (QED) is 0.498. The van der Waals surface area contributed by atoms with Crippen LogP contribution in [0.5, 0.6) is 0 Å². The van der Waals surface area contributed by atoms with E-state index in [1.807, 2.05) is 6.07 Å². The average Bonchev–Trinajstić information content (AvgIpc) is 2.86. The van der Waals surface area contributed by atoms with E-state index in [2.05, 4.69) is 32.3 Å². The third-order valence-corrected chi connectivity index (χ3v) is 6.28. The maximum absolute atomic E-state index is 12.8. The predicted molar refractivity (Wildman–Crippen MR) is 137 cm³/mol. The number of benzene rings is 2. The number of likely N-dealkylation sites (N-methyl/N-ethyl adjacent to an activating group) is 1. The number of piperazine rings is 1. The van der Waals surface area contributed by atoms with E-state index < -0.39 is 0 Å². The van der Waals surface area contributed by atoms with Crippen LogP contribution in [0.2, 0.25) is 10.0 Å². The van der Waals surface area contributed by atoms with Crippen LogP contribution in [-0.4, -0.2) is 54.4 Å². The molecule has 2 heterocycles. The van der Waals surface area contributed by atoms with Gasteiger partial charge in [0.25, 0.3) is 11.8 Å². The molecule has 1 saturated heterocycles. The highest BCUT2D eigenvalue weighted by molar-refractivity contribution is 6.34. The second-order valence-electron chi connectivity index (χ2n) is 7.94. The lowest BCUT2D eigenvalue weighted by molar-refractivity contribution is 0.101. The lowest BCUT2D eigenvalue weighted by atomic mass is 10.2. The van der Waals surface area contributed by atoms with E-state index in [0.717, 1.165) is 38.5 Å². The van der Waals surface area contributed by atoms with Crippen LogP contribution in [0.4, 0.5) is 17.2 Å². The van der Waals surface area contributed by atoms with Gasteiger partial charge >= 0.3 is 0 Å². The molecule has 0 bridgehead atoms. The van der Waals surface area contributed by atoms with Crippen molar-refractivity contribution >= 4 is 52.2 Å². The fourth-order valence-electron chi connectivity index (χ4n) is 3.73. The summed E-state index contributed by atoms with van der Waals surface area (Å²) in [4.78, 5) is 34.4. The zero-order valence-corrected chi connectivity index (χ0v) is 20.2. The van der Waals surface area contributed by atoms with Crippen molar-refractivity contribution in [2.75, 3.05) is 48.3 Å². The maximum Gasteiger partial charge on any atom is 0.257 e. The summed E-state index contributed by atoms with van der Waals surface area (Å²) in [5.41, 5.74) is 1.72. The molecule has 0 aliphatic carbocycles. The molecule has 0 spiro atoms. The molecular formula is C25H25Cl2N5O2. The summed E-state index contributed by atoms with van der Waals surface area (Å²) >= 11 is 12.2. The first-order chi connectivity index (χ1) is 16.4. The normalized spacial score (nSPS) is 14.0. The molecular weight excluding hydrogens is 473 g/mol. The van der Waals surface area contributed by atoms with Crippen LogP contribution < -0.4 is 15.5 Å². The number of hydrogen-bond donors (Lipinski definition) is 2. The monoisotopic (exact) mass is 497 g/mol. The molecule has 1 aliphatic heterocycles. The first kappa shape index (κ1) is 24.0. The molecule has 4 rings (SSSR count). The van der Waals surface area contributed by atoms with Crippen LogP contribution in [0.3, 0.4) is 0 Å². The van der Waals surface area contributed by atoms with Crippen molar-refractivity contribution in [3.8, 4) is 0 Å². The average molecular weight is 498 g/mol. The van der Waals surface area contributed by atoms with Gasteiger partial charge in [0.15, 0.2) is 0 Å². The second-order valence-corrected chi connectivity index (χ2v) is 8.78. The SMILES string of the molecule is CCN1CCN(c2ccc(C(=O)Nc3ccc(Cl)c(NC(=O)c4cccc(Cl)c4)c3)cn2)CC1. The van der Waals surface area contributed by atoms with E-state index >= 15 is 0 Å². The minimum Gasteiger partial charge on any atom is -0.354 e. The van der Waals surface area contributed by atoms with Crippen LogP contribution in [0.25, 0.3) is 0 Å². The molecule has 1 aromatic heterocycles. The Labute approximate surface area is 208 Å². The number of nitrogens with zero attached hydrogens (tertiary/aromatic N) is 3. The summed E-state index contributed by atoms with van der Waals surface area (Å²) in [6.45, 7) is 7.07. The van der Waals surface area contributed by atoms with Crippen LogP contribution in [-0.2, 0) is 0 Å². The fraction of sp³-hybridized carbons (Fsp3) is 0.240. The van der Waals surface area contributed by atoms with Crippen LogP contribution in [0.1, 0.15) is 27.6 Å². The van der Waals surface area contributed by atoms with Crippen LogP contribution in [0.15, 0.2) is 60.8 Å². The maximum atomic E-state index is 12.8. The van der Waals surface area contributed by atoms with Crippen molar-refractivity contribution < 1.29 is 9.59 Å². The van der Waals surface area contributed by atoms with Gasteiger partial charge in [-0.2, -0.15) is 0 Å². The molecule has 0 atom stereocenters. The van der Waals surface area contributed by atoms with Gasteiger partial charge in [0.2, 0.25) is 0 Å². The highest BCUT2D eigenvalue weighted by Gasteiger charge is 2.17. The van der Waals surface area contributed by atoms with Gasteiger partial charge in [-0.3, -0.25) is 9.59 Å². The van der Waals surface area contributed by atoms with Crippen molar-refractivity contribution in [2.24, 2.45) is 0 Å². The number of anilines is 3. The van der Waals surface area contributed by atoms with E-state index in [0.29, 0.717) is 32.5 Å². The third-order valence-electron chi connectivity index (χ3n) is 5.71. The molecule has 2 amide bonds. The van der Waals surface area contributed by atoms with Crippen molar-refractivity contribution in [2.45, 2.75) is 6.92 Å². The molecule has 0 unspecified atom stereocenters. The minimum atomic E-state index is -0.354. The Morgan fingerprint density at radius 1 is 0.912 bits per heavy atom. The molecule has 2 aromatic carbocycles. The number of aromatic nitrogens is 1. The standard InChI is InChI=1S/C25H25Cl2N5O2/c1-2-31-10-12-32(13-11-31)23-9-6-18(16-28-23)25(34)29-20-7-8-21(27)22(15-20)30-24(33)17-4-3-5-19(26)14-17/h3-9,14-16H,2,10-13H2,1H3,(H,29,34)(H,30,33). The second kappa shape index (κ2) is 10.9. The Hall–Kier alpha value is -3.13. The number of amides is 2. The lowest BCUT2D eigenvalue weighted by Gasteiger charge is -2.34. The van der Waals surface area contributed by atoms with E-state index in [-0.39, 0.29) is 11.8 Å². The smallest absolute Gasteiger partial charge is 0.257 e. The number of nitrogens with one attached hydrogen (secondary N) is 2. The molecule has 7 nitrogen and oxygen atoms in total. The summed E-state index contributed by atoms with van der Waals surface area (Å²) in [5.74, 6) is 0.210. The number of pyridine rings is 1. The Kier molecular flexibility index (Phi) is 7.67. The minimum absolute atomic E-state index is 0.302. The lowest BCUT2D eigenvalue weighted by Crippen LogP contribution is -2.46. The molecule has 1 fully saturated rings. The van der Waals surface area contributed by atoms with E-state index in [1.165, 1.54) is 0 Å². The molecule has 0 radical (unpaired) electrons. The summed E-state index contributed by atoms with van der Waals surface area (Å²) in [5, 5.41) is 6.40. The molecule has 0 saturated carbocycles. The summed E-state index contributed by atoms with van der Waals surface area (Å²) in [6, 6.07) is 15.1. The molecule has 176 valence electrons. The van der Waals surface area contributed by atoms with Gasteiger partial charge in [0.1, 0.15) is 5.82 Å². The van der Waals surface area contributed by atoms with Gasteiger partial charge in [0, 0.05) is 48.6 Å².